The number of nitrogens with two attached hydrogens (primary N) is 1. The number of aromatic nitrogens is 2. The molecule has 0 saturated carbocycles. The zero-order valence-electron chi connectivity index (χ0n) is 9.93. The van der Waals surface area contributed by atoms with Gasteiger partial charge in [-0.05, 0) is 30.4 Å². The molecule has 0 aromatic carbocycles. The zero-order chi connectivity index (χ0) is 12.7. The predicted molar refractivity (Wildman–Crippen MR) is 70.2 cm³/mol. The van der Waals surface area contributed by atoms with Crippen LogP contribution in [0.25, 0.3) is 0 Å². The number of nitrogen functional groups attached to an aromatic ring is 1. The van der Waals surface area contributed by atoms with Gasteiger partial charge in [0.2, 0.25) is 5.95 Å². The lowest BCUT2D eigenvalue weighted by atomic mass is 10.0. The van der Waals surface area contributed by atoms with Crippen molar-refractivity contribution in [3.8, 4) is 0 Å². The Labute approximate surface area is 108 Å². The number of fused-ring (bicyclic) bond motifs is 1. The van der Waals surface area contributed by atoms with Gasteiger partial charge in [0.25, 0.3) is 0 Å². The van der Waals surface area contributed by atoms with E-state index in [1.165, 1.54) is 10.4 Å². The number of hydrogen-bond acceptors (Lipinski definition) is 5. The van der Waals surface area contributed by atoms with Gasteiger partial charge in [0.05, 0.1) is 12.2 Å². The van der Waals surface area contributed by atoms with Crippen LogP contribution in [0.15, 0.2) is 17.6 Å². The van der Waals surface area contributed by atoms with Crippen molar-refractivity contribution >= 4 is 23.1 Å². The summed E-state index contributed by atoms with van der Waals surface area (Å²) in [7, 11) is 0. The van der Waals surface area contributed by atoms with Crippen LogP contribution in [-0.2, 0) is 6.42 Å². The molecule has 0 saturated heterocycles. The smallest absolute Gasteiger partial charge is 0.222 e. The number of nitrogens with zero attached hydrogens (tertiary/aromatic N) is 3. The Bertz CT molecular complexity index is 583. The molecule has 4 nitrogen and oxygen atoms in total. The Hall–Kier alpha value is -1.69. The fourth-order valence-corrected chi connectivity index (χ4v) is 3.33. The Morgan fingerprint density at radius 3 is 3.22 bits per heavy atom. The lowest BCUT2D eigenvalue weighted by Crippen LogP contribution is -2.34. The fourth-order valence-electron chi connectivity index (χ4n) is 2.37. The van der Waals surface area contributed by atoms with Crippen molar-refractivity contribution in [2.24, 2.45) is 0 Å². The molecule has 0 spiro atoms. The Balaban J connectivity index is 2.01. The molecule has 1 unspecified atom stereocenters. The van der Waals surface area contributed by atoms with E-state index in [1.807, 2.05) is 4.90 Å². The van der Waals surface area contributed by atoms with E-state index in [2.05, 4.69) is 28.3 Å². The maximum absolute atomic E-state index is 13.8. The SMILES string of the molecule is CC1c2ccsc2CCN1c1nc(N)ncc1F. The van der Waals surface area contributed by atoms with Crippen LogP contribution in [0.3, 0.4) is 0 Å². The summed E-state index contributed by atoms with van der Waals surface area (Å²) >= 11 is 1.76. The number of thiophene rings is 1. The molecule has 1 aliphatic rings. The first-order valence-electron chi connectivity index (χ1n) is 5.77. The lowest BCUT2D eigenvalue weighted by molar-refractivity contribution is 0.568. The van der Waals surface area contributed by atoms with Gasteiger partial charge >= 0.3 is 0 Å². The quantitative estimate of drug-likeness (QED) is 0.859. The molecule has 18 heavy (non-hydrogen) atoms. The van der Waals surface area contributed by atoms with E-state index in [0.717, 1.165) is 19.2 Å². The van der Waals surface area contributed by atoms with E-state index < -0.39 is 5.82 Å². The molecule has 2 N–H and O–H groups in total. The maximum atomic E-state index is 13.8. The molecule has 0 aliphatic carbocycles. The van der Waals surface area contributed by atoms with Crippen LogP contribution in [0.2, 0.25) is 0 Å². The van der Waals surface area contributed by atoms with E-state index in [4.69, 9.17) is 5.73 Å². The normalized spacial score (nSPS) is 18.8. The Morgan fingerprint density at radius 2 is 2.39 bits per heavy atom. The highest BCUT2D eigenvalue weighted by Crippen LogP contribution is 2.36. The second kappa shape index (κ2) is 4.20. The molecule has 0 bridgehead atoms. The molecular weight excluding hydrogens is 251 g/mol. The summed E-state index contributed by atoms with van der Waals surface area (Å²) in [5.74, 6) is -0.0173. The van der Waals surface area contributed by atoms with E-state index in [1.54, 1.807) is 11.3 Å². The standard InChI is InChI=1S/C12H13FN4S/c1-7-8-3-5-18-10(8)2-4-17(7)11-9(13)6-15-12(14)16-11/h3,5-7H,2,4H2,1H3,(H2,14,15,16). The average molecular weight is 264 g/mol. The van der Waals surface area contributed by atoms with Gasteiger partial charge in [-0.15, -0.1) is 11.3 Å². The van der Waals surface area contributed by atoms with E-state index >= 15 is 0 Å². The summed E-state index contributed by atoms with van der Waals surface area (Å²) in [6.07, 6.45) is 2.05. The maximum Gasteiger partial charge on any atom is 0.222 e. The van der Waals surface area contributed by atoms with Gasteiger partial charge in [-0.25, -0.2) is 9.37 Å². The molecule has 2 aromatic rings. The van der Waals surface area contributed by atoms with Crippen molar-refractivity contribution in [1.82, 2.24) is 9.97 Å². The number of anilines is 2. The first-order chi connectivity index (χ1) is 8.66. The number of halogens is 1. The lowest BCUT2D eigenvalue weighted by Gasteiger charge is -2.34. The highest BCUT2D eigenvalue weighted by molar-refractivity contribution is 7.10. The average Bonchev–Trinajstić information content (AvgIpc) is 2.82. The summed E-state index contributed by atoms with van der Waals surface area (Å²) in [4.78, 5) is 11.0. The topological polar surface area (TPSA) is 55.0 Å². The minimum atomic E-state index is -0.422. The summed E-state index contributed by atoms with van der Waals surface area (Å²) in [6.45, 7) is 2.81. The number of rotatable bonds is 1. The molecule has 0 radical (unpaired) electrons. The van der Waals surface area contributed by atoms with Crippen molar-refractivity contribution in [2.75, 3.05) is 17.2 Å². The first kappa shape index (κ1) is 11.4. The van der Waals surface area contributed by atoms with Crippen molar-refractivity contribution in [2.45, 2.75) is 19.4 Å². The van der Waals surface area contributed by atoms with Crippen molar-refractivity contribution in [3.05, 3.63) is 33.9 Å². The second-order valence-corrected chi connectivity index (χ2v) is 5.32. The first-order valence-corrected chi connectivity index (χ1v) is 6.65. The van der Waals surface area contributed by atoms with Crippen LogP contribution in [0.1, 0.15) is 23.4 Å². The molecule has 1 aliphatic heterocycles. The monoisotopic (exact) mass is 264 g/mol. The highest BCUT2D eigenvalue weighted by Gasteiger charge is 2.27. The van der Waals surface area contributed by atoms with Crippen LogP contribution in [0, 0.1) is 5.82 Å². The van der Waals surface area contributed by atoms with Crippen molar-refractivity contribution < 1.29 is 4.39 Å². The minimum absolute atomic E-state index is 0.106. The van der Waals surface area contributed by atoms with Gasteiger partial charge in [-0.3, -0.25) is 0 Å². The highest BCUT2D eigenvalue weighted by atomic mass is 32.1. The third kappa shape index (κ3) is 1.73. The van der Waals surface area contributed by atoms with Gasteiger partial charge in [-0.2, -0.15) is 4.98 Å². The van der Waals surface area contributed by atoms with Gasteiger partial charge in [0, 0.05) is 11.4 Å². The summed E-state index contributed by atoms with van der Waals surface area (Å²) < 4.78 is 13.8. The van der Waals surface area contributed by atoms with Crippen LogP contribution in [0.5, 0.6) is 0 Å². The van der Waals surface area contributed by atoms with Crippen LogP contribution < -0.4 is 10.6 Å². The fraction of sp³-hybridized carbons (Fsp3) is 0.333. The summed E-state index contributed by atoms with van der Waals surface area (Å²) in [5, 5.41) is 2.08. The molecule has 0 amide bonds. The molecule has 94 valence electrons. The molecule has 3 rings (SSSR count). The molecule has 6 heteroatoms. The second-order valence-electron chi connectivity index (χ2n) is 4.32. The largest absolute Gasteiger partial charge is 0.368 e. The molecule has 1 atom stereocenters. The summed E-state index contributed by atoms with van der Waals surface area (Å²) in [6, 6.07) is 2.21. The molecular formula is C12H13FN4S. The van der Waals surface area contributed by atoms with Gasteiger partial charge in [-0.1, -0.05) is 0 Å². The summed E-state index contributed by atoms with van der Waals surface area (Å²) in [5.41, 5.74) is 6.79. The molecule has 3 heterocycles. The van der Waals surface area contributed by atoms with Gasteiger partial charge in [0.15, 0.2) is 11.6 Å². The van der Waals surface area contributed by atoms with Crippen molar-refractivity contribution in [3.63, 3.8) is 0 Å². The van der Waals surface area contributed by atoms with Gasteiger partial charge < -0.3 is 10.6 Å². The van der Waals surface area contributed by atoms with Crippen LogP contribution in [-0.4, -0.2) is 16.5 Å². The van der Waals surface area contributed by atoms with E-state index in [-0.39, 0.29) is 12.0 Å². The van der Waals surface area contributed by atoms with Crippen molar-refractivity contribution in [1.29, 1.82) is 0 Å². The third-order valence-corrected chi connectivity index (χ3v) is 4.29. The minimum Gasteiger partial charge on any atom is -0.368 e. The van der Waals surface area contributed by atoms with E-state index in [0.29, 0.717) is 5.82 Å². The zero-order valence-corrected chi connectivity index (χ0v) is 10.7. The van der Waals surface area contributed by atoms with Crippen LogP contribution >= 0.6 is 11.3 Å². The Morgan fingerprint density at radius 1 is 1.56 bits per heavy atom. The Kier molecular flexibility index (Phi) is 2.66. The van der Waals surface area contributed by atoms with E-state index in [9.17, 15) is 4.39 Å². The van der Waals surface area contributed by atoms with Crippen LogP contribution in [0.4, 0.5) is 16.2 Å². The molecule has 2 aromatic heterocycles. The van der Waals surface area contributed by atoms with Gasteiger partial charge in [0.1, 0.15) is 0 Å². The predicted octanol–water partition coefficient (Wildman–Crippen LogP) is 2.38. The molecule has 0 fully saturated rings. The number of hydrogen-bond donors (Lipinski definition) is 1. The third-order valence-electron chi connectivity index (χ3n) is 3.29.